The Labute approximate surface area is 347 Å². The largest absolute Gasteiger partial charge is 1.00 e. The zero-order valence-electron chi connectivity index (χ0n) is 32.6. The van der Waals surface area contributed by atoms with Crippen LogP contribution >= 0.6 is 23.2 Å². The number of hydrogen-bond donors (Lipinski definition) is 2. The van der Waals surface area contributed by atoms with Crippen molar-refractivity contribution < 1.29 is 44.1 Å². The van der Waals surface area contributed by atoms with Crippen LogP contribution in [-0.4, -0.2) is 34.0 Å². The van der Waals surface area contributed by atoms with Gasteiger partial charge in [0, 0.05) is 26.7 Å². The van der Waals surface area contributed by atoms with Crippen LogP contribution in [0.25, 0.3) is 11.1 Å². The summed E-state index contributed by atoms with van der Waals surface area (Å²) in [7, 11) is 0. The number of ketones is 1. The molecule has 0 aromatic heterocycles. The fraction of sp³-hybridized carbons (Fsp3) is 0.362. The maximum atomic E-state index is 11.6. The maximum absolute atomic E-state index is 11.6. The van der Waals surface area contributed by atoms with Crippen molar-refractivity contribution in [3.05, 3.63) is 152 Å². The molecule has 0 atom stereocenters. The summed E-state index contributed by atoms with van der Waals surface area (Å²) >= 11 is 13.4. The second-order valence-electron chi connectivity index (χ2n) is 17.1. The minimum atomic E-state index is -0.924. The van der Waals surface area contributed by atoms with E-state index in [1.165, 1.54) is 73.6 Å². The Balaban J connectivity index is 0.000000204. The van der Waals surface area contributed by atoms with Gasteiger partial charge in [0.25, 0.3) is 0 Å². The summed E-state index contributed by atoms with van der Waals surface area (Å²) in [6.45, 7) is 17.3. The van der Waals surface area contributed by atoms with E-state index in [2.05, 4.69) is 65.1 Å². The number of carboxylic acid groups (broad SMARTS) is 1. The van der Waals surface area contributed by atoms with Crippen LogP contribution in [0.15, 0.2) is 86.0 Å². The van der Waals surface area contributed by atoms with Crippen LogP contribution in [0.1, 0.15) is 144 Å². The summed E-state index contributed by atoms with van der Waals surface area (Å²) in [6, 6.07) is 22.9. The molecule has 4 aliphatic rings. The molecule has 0 radical (unpaired) electrons. The van der Waals surface area contributed by atoms with Crippen LogP contribution in [0.5, 0.6) is 0 Å². The number of fused-ring (bicyclic) bond motifs is 4. The van der Waals surface area contributed by atoms with Crippen molar-refractivity contribution >= 4 is 46.1 Å². The minimum absolute atomic E-state index is 0. The number of Topliss-reactive ketones (excluding diaryl/α,β-unsaturated/α-hetero) is 1. The van der Waals surface area contributed by atoms with Crippen molar-refractivity contribution in [2.75, 3.05) is 6.61 Å². The van der Waals surface area contributed by atoms with E-state index in [0.717, 1.165) is 43.4 Å². The monoisotopic (exact) mass is 770 g/mol. The van der Waals surface area contributed by atoms with Gasteiger partial charge in [0.15, 0.2) is 5.78 Å². The molecule has 4 aliphatic carbocycles. The van der Waals surface area contributed by atoms with Gasteiger partial charge in [0.2, 0.25) is 0 Å². The molecule has 282 valence electrons. The molecule has 8 heteroatoms. The molecule has 0 unspecified atom stereocenters. The van der Waals surface area contributed by atoms with Gasteiger partial charge >= 0.3 is 24.8 Å². The van der Waals surface area contributed by atoms with Crippen molar-refractivity contribution in [2.45, 2.75) is 101 Å². The average Bonchev–Trinajstić information content (AvgIpc) is 4.09. The third kappa shape index (κ3) is 7.95. The number of rotatable bonds is 7. The standard InChI is InChI=1S/C24H25ClO2.C23H23ClO2.Li.H2O/c1-15(16-4-6-17(7-5-16)22(27)14-26)18-12-20-19(13-21(18)25)23(2,3)8-9-24(20)10-11-24;1-14(15-4-6-16(7-5-15)21(25)26)17-12-19-18(13-20(17)24)22(2,3)8-9-23(19)10-11-23;;/h4-7,12-13,26H,1,8-11,14H2,2-3H3;4-7,12-13H,1,8-11H2,2-3H3,(H,25,26);;1H2/q;;+1;/p-1. The summed E-state index contributed by atoms with van der Waals surface area (Å²) in [4.78, 5) is 22.7. The van der Waals surface area contributed by atoms with Gasteiger partial charge in [0.1, 0.15) is 6.61 Å². The summed E-state index contributed by atoms with van der Waals surface area (Å²) in [5.74, 6) is -1.20. The fourth-order valence-electron chi connectivity index (χ4n) is 8.66. The molecule has 2 saturated carbocycles. The van der Waals surface area contributed by atoms with Crippen molar-refractivity contribution in [2.24, 2.45) is 0 Å². The number of hydrogen-bond acceptors (Lipinski definition) is 4. The van der Waals surface area contributed by atoms with E-state index in [-0.39, 0.29) is 46.5 Å². The van der Waals surface area contributed by atoms with Crippen molar-refractivity contribution in [1.29, 1.82) is 0 Å². The molecular weight excluding hydrogens is 722 g/mol. The van der Waals surface area contributed by atoms with Gasteiger partial charge in [-0.05, 0) is 154 Å². The molecule has 4 aromatic carbocycles. The van der Waals surface area contributed by atoms with Gasteiger partial charge in [-0.1, -0.05) is 100 Å². The second kappa shape index (κ2) is 15.5. The molecule has 0 aliphatic heterocycles. The molecule has 5 nitrogen and oxygen atoms in total. The quantitative estimate of drug-likeness (QED) is 0.145. The van der Waals surface area contributed by atoms with E-state index in [1.807, 2.05) is 12.1 Å². The van der Waals surface area contributed by atoms with E-state index < -0.39 is 12.6 Å². The molecule has 0 heterocycles. The number of carboxylic acids is 1. The van der Waals surface area contributed by atoms with Gasteiger partial charge in [-0.15, -0.1) is 0 Å². The first-order valence-corrected chi connectivity index (χ1v) is 19.4. The molecule has 2 spiro atoms. The Bertz CT molecular complexity index is 2170. The van der Waals surface area contributed by atoms with Crippen LogP contribution in [0.4, 0.5) is 0 Å². The van der Waals surface area contributed by atoms with E-state index in [4.69, 9.17) is 33.4 Å². The third-order valence-electron chi connectivity index (χ3n) is 12.8. The predicted molar refractivity (Wildman–Crippen MR) is 219 cm³/mol. The van der Waals surface area contributed by atoms with Crippen molar-refractivity contribution in [3.63, 3.8) is 0 Å². The van der Waals surface area contributed by atoms with Crippen LogP contribution < -0.4 is 18.9 Å². The zero-order valence-corrected chi connectivity index (χ0v) is 34.1. The van der Waals surface area contributed by atoms with Crippen molar-refractivity contribution in [3.8, 4) is 0 Å². The van der Waals surface area contributed by atoms with Crippen molar-refractivity contribution in [1.82, 2.24) is 0 Å². The normalized spacial score (nSPS) is 18.2. The Hall–Kier alpha value is -3.40. The topological polar surface area (TPSA) is 105 Å². The number of aliphatic hydroxyl groups excluding tert-OH is 1. The molecule has 3 N–H and O–H groups in total. The molecule has 0 saturated heterocycles. The maximum Gasteiger partial charge on any atom is 1.00 e. The fourth-order valence-corrected chi connectivity index (χ4v) is 9.22. The molecular formula is C47H49Cl2LiO5. The van der Waals surface area contributed by atoms with Gasteiger partial charge in [0.05, 0.1) is 5.56 Å². The number of halogens is 2. The van der Waals surface area contributed by atoms with E-state index in [0.29, 0.717) is 16.4 Å². The average molecular weight is 772 g/mol. The summed E-state index contributed by atoms with van der Waals surface area (Å²) in [5.41, 5.74) is 12.9. The Morgan fingerprint density at radius 1 is 0.582 bits per heavy atom. The summed E-state index contributed by atoms with van der Waals surface area (Å²) in [5, 5.41) is 19.5. The van der Waals surface area contributed by atoms with Gasteiger partial charge in [-0.2, -0.15) is 0 Å². The van der Waals surface area contributed by atoms with Gasteiger partial charge in [-0.3, -0.25) is 4.79 Å². The van der Waals surface area contributed by atoms with Crippen LogP contribution in [-0.2, 0) is 21.7 Å². The second-order valence-corrected chi connectivity index (χ2v) is 17.9. The number of benzene rings is 4. The van der Waals surface area contributed by atoms with Crippen LogP contribution in [0.3, 0.4) is 0 Å². The SMILES string of the molecule is C=C(c1ccc(C(=O)CO)cc1)c1cc2c(cc1Cl)C(C)(C)CCC21CC1.C=C(c1ccc(C(=O)O)cc1)c1cc2c(cc1Cl)C(C)(C)CCC21CC1.[Li+].[OH-]. The van der Waals surface area contributed by atoms with Gasteiger partial charge in [-0.25, -0.2) is 4.79 Å². The first-order chi connectivity index (χ1) is 25.0. The number of carbonyl (C=O) groups excluding carboxylic acids is 1. The Morgan fingerprint density at radius 3 is 1.24 bits per heavy atom. The zero-order chi connectivity index (χ0) is 38.1. The Kier molecular flexibility index (Phi) is 12.0. The Morgan fingerprint density at radius 2 is 0.909 bits per heavy atom. The summed E-state index contributed by atoms with van der Waals surface area (Å²) < 4.78 is 0. The molecule has 8 rings (SSSR count). The summed E-state index contributed by atoms with van der Waals surface area (Å²) in [6.07, 6.45) is 9.95. The number of carbonyl (C=O) groups is 2. The first-order valence-electron chi connectivity index (χ1n) is 18.7. The smallest absolute Gasteiger partial charge is 0.870 e. The molecule has 0 bridgehead atoms. The minimum Gasteiger partial charge on any atom is -0.870 e. The first kappa shape index (κ1) is 42.7. The predicted octanol–water partition coefficient (Wildman–Crippen LogP) is 8.71. The van der Waals surface area contributed by atoms with E-state index in [9.17, 15) is 9.59 Å². The molecule has 2 fully saturated rings. The van der Waals surface area contributed by atoms with Gasteiger partial charge < -0.3 is 15.7 Å². The van der Waals surface area contributed by atoms with Crippen LogP contribution in [0, 0.1) is 0 Å². The van der Waals surface area contributed by atoms with E-state index in [1.54, 1.807) is 36.4 Å². The van der Waals surface area contributed by atoms with E-state index >= 15 is 0 Å². The molecule has 0 amide bonds. The number of aliphatic hydroxyl groups is 1. The van der Waals surface area contributed by atoms with Crippen LogP contribution in [0.2, 0.25) is 10.0 Å². The molecule has 4 aromatic rings. The third-order valence-corrected chi connectivity index (χ3v) is 13.4. The number of aromatic carboxylic acids is 1. The molecule has 55 heavy (non-hydrogen) atoms.